The summed E-state index contributed by atoms with van der Waals surface area (Å²) in [5.41, 5.74) is 6.46. The summed E-state index contributed by atoms with van der Waals surface area (Å²) in [5, 5.41) is 0. The monoisotopic (exact) mass is 231 g/mol. The van der Waals surface area contributed by atoms with E-state index in [1.165, 1.54) is 12.1 Å². The van der Waals surface area contributed by atoms with Crippen LogP contribution in [0.5, 0.6) is 5.75 Å². The molecule has 0 heterocycles. The largest absolute Gasteiger partial charge is 0.489 e. The summed E-state index contributed by atoms with van der Waals surface area (Å²) in [6.07, 6.45) is -2.26. The maximum atomic E-state index is 7.75. The third-order valence-electron chi connectivity index (χ3n) is 2.32. The molecule has 0 aliphatic carbocycles. The van der Waals surface area contributed by atoms with E-state index in [1.54, 1.807) is 12.1 Å². The Labute approximate surface area is 108 Å². The highest BCUT2D eigenvalue weighted by atomic mass is 16.5. The van der Waals surface area contributed by atoms with Crippen molar-refractivity contribution in [2.24, 2.45) is 5.73 Å². The second-order valence-corrected chi connectivity index (χ2v) is 3.57. The Morgan fingerprint density at radius 2 is 1.65 bits per heavy atom. The lowest BCUT2D eigenvalue weighted by molar-refractivity contribution is 0.306. The fourth-order valence-electron chi connectivity index (χ4n) is 1.46. The smallest absolute Gasteiger partial charge is 0.119 e. The average molecular weight is 231 g/mol. The average Bonchev–Trinajstić information content (AvgIpc) is 2.45. The summed E-state index contributed by atoms with van der Waals surface area (Å²) in [7, 11) is 0. The van der Waals surface area contributed by atoms with E-state index in [9.17, 15) is 0 Å². The summed E-state index contributed by atoms with van der Waals surface area (Å²) in [5.74, 6) is 0.594. The normalized spacial score (nSPS) is 15.4. The van der Waals surface area contributed by atoms with E-state index < -0.39 is 12.9 Å². The van der Waals surface area contributed by atoms with Gasteiger partial charge in [-0.3, -0.25) is 0 Å². The lowest BCUT2D eigenvalue weighted by atomic mass is 10.1. The van der Waals surface area contributed by atoms with Gasteiger partial charge in [0, 0.05) is 5.48 Å². The molecule has 17 heavy (non-hydrogen) atoms. The van der Waals surface area contributed by atoms with Crippen LogP contribution in [0.15, 0.2) is 54.6 Å². The number of hydrogen-bond donors (Lipinski definition) is 1. The van der Waals surface area contributed by atoms with Crippen LogP contribution in [-0.2, 0) is 13.0 Å². The van der Waals surface area contributed by atoms with Gasteiger partial charge in [0.25, 0.3) is 0 Å². The quantitative estimate of drug-likeness (QED) is 0.858. The molecule has 0 bridgehead atoms. The van der Waals surface area contributed by atoms with Crippen LogP contribution in [0.25, 0.3) is 0 Å². The molecule has 0 aliphatic heterocycles. The van der Waals surface area contributed by atoms with Crippen LogP contribution in [0.2, 0.25) is 0 Å². The zero-order valence-corrected chi connectivity index (χ0v) is 9.39. The second kappa shape index (κ2) is 6.06. The molecule has 0 aromatic heterocycles. The molecule has 2 aromatic rings. The Bertz CT molecular complexity index is 579. The van der Waals surface area contributed by atoms with Crippen LogP contribution in [0.1, 0.15) is 16.6 Å². The number of nitrogens with two attached hydrogens (primary N) is 1. The van der Waals surface area contributed by atoms with Crippen LogP contribution >= 0.6 is 0 Å². The van der Waals surface area contributed by atoms with E-state index >= 15 is 0 Å². The molecule has 0 saturated carbocycles. The number of benzene rings is 2. The van der Waals surface area contributed by atoms with E-state index in [-0.39, 0.29) is 5.56 Å². The van der Waals surface area contributed by atoms with Crippen LogP contribution in [0.3, 0.4) is 0 Å². The van der Waals surface area contributed by atoms with Gasteiger partial charge < -0.3 is 10.5 Å². The van der Waals surface area contributed by atoms with Crippen molar-refractivity contribution < 1.29 is 10.2 Å². The fraction of sp³-hybridized carbons (Fsp3) is 0.200. The number of aryl methyl sites for hydroxylation is 1. The molecule has 2 N–H and O–H groups in total. The van der Waals surface area contributed by atoms with Gasteiger partial charge in [-0.25, -0.2) is 0 Å². The molecular formula is C15H17NO. The van der Waals surface area contributed by atoms with Gasteiger partial charge in [-0.15, -0.1) is 0 Å². The zero-order valence-electron chi connectivity index (χ0n) is 13.4. The summed E-state index contributed by atoms with van der Waals surface area (Å²) >= 11 is 0. The van der Waals surface area contributed by atoms with Gasteiger partial charge in [0.05, 0.1) is 0 Å². The van der Waals surface area contributed by atoms with Crippen LogP contribution in [0, 0.1) is 0 Å². The van der Waals surface area contributed by atoms with Gasteiger partial charge in [0.15, 0.2) is 0 Å². The van der Waals surface area contributed by atoms with E-state index in [2.05, 4.69) is 0 Å². The molecule has 0 amide bonds. The SMILES string of the molecule is [2H]C([2H])(N)C([2H])([2H])c1ccc(OCc2ccccc2)cc1. The van der Waals surface area contributed by atoms with Crippen molar-refractivity contribution in [2.45, 2.75) is 13.0 Å². The van der Waals surface area contributed by atoms with Crippen LogP contribution < -0.4 is 10.5 Å². The van der Waals surface area contributed by atoms with Crippen molar-refractivity contribution in [3.05, 3.63) is 65.7 Å². The maximum Gasteiger partial charge on any atom is 0.119 e. The van der Waals surface area contributed by atoms with E-state index in [1.807, 2.05) is 30.3 Å². The molecule has 2 rings (SSSR count). The molecule has 0 aliphatic rings. The topological polar surface area (TPSA) is 35.2 Å². The predicted octanol–water partition coefficient (Wildman–Crippen LogP) is 2.77. The minimum absolute atomic E-state index is 0.182. The van der Waals surface area contributed by atoms with Crippen LogP contribution in [0.4, 0.5) is 0 Å². The summed E-state index contributed by atoms with van der Waals surface area (Å²) in [6, 6.07) is 15.9. The fourth-order valence-corrected chi connectivity index (χ4v) is 1.46. The first-order chi connectivity index (χ1) is 9.80. The molecule has 88 valence electrons. The van der Waals surface area contributed by atoms with Gasteiger partial charge >= 0.3 is 0 Å². The molecule has 0 spiro atoms. The molecule has 2 nitrogen and oxygen atoms in total. The molecule has 0 atom stereocenters. The standard InChI is InChI=1S/C15H17NO/c16-11-10-13-6-8-15(9-7-13)17-12-14-4-2-1-3-5-14/h1-9H,10-12,16H2/i10D2,11D2. The molecule has 0 saturated heterocycles. The highest BCUT2D eigenvalue weighted by Gasteiger charge is 1.96. The molecule has 0 fully saturated rings. The Hall–Kier alpha value is -1.80. The van der Waals surface area contributed by atoms with Crippen molar-refractivity contribution in [3.8, 4) is 5.75 Å². The molecule has 2 aromatic carbocycles. The zero-order chi connectivity index (χ0) is 15.5. The van der Waals surface area contributed by atoms with Crippen molar-refractivity contribution in [1.29, 1.82) is 0 Å². The molecule has 0 radical (unpaired) electrons. The first-order valence-corrected chi connectivity index (χ1v) is 5.37. The Morgan fingerprint density at radius 3 is 2.29 bits per heavy atom. The summed E-state index contributed by atoms with van der Waals surface area (Å²) < 4.78 is 35.8. The Balaban J connectivity index is 2.06. The van der Waals surface area contributed by atoms with Gasteiger partial charge in [-0.2, -0.15) is 0 Å². The molecule has 2 heteroatoms. The second-order valence-electron chi connectivity index (χ2n) is 3.57. The minimum atomic E-state index is -2.45. The number of hydrogen-bond acceptors (Lipinski definition) is 2. The highest BCUT2D eigenvalue weighted by Crippen LogP contribution is 2.14. The van der Waals surface area contributed by atoms with Crippen molar-refractivity contribution in [2.75, 3.05) is 6.50 Å². The third kappa shape index (κ3) is 3.61. The Morgan fingerprint density at radius 1 is 0.941 bits per heavy atom. The Kier molecular flexibility index (Phi) is 2.68. The summed E-state index contributed by atoms with van der Waals surface area (Å²) in [4.78, 5) is 0. The van der Waals surface area contributed by atoms with Gasteiger partial charge in [-0.05, 0) is 36.1 Å². The van der Waals surface area contributed by atoms with Gasteiger partial charge in [0.1, 0.15) is 12.4 Å². The van der Waals surface area contributed by atoms with Crippen molar-refractivity contribution in [3.63, 3.8) is 0 Å². The van der Waals surface area contributed by atoms with E-state index in [0.29, 0.717) is 12.4 Å². The first-order valence-electron chi connectivity index (χ1n) is 7.37. The molecular weight excluding hydrogens is 210 g/mol. The van der Waals surface area contributed by atoms with E-state index in [0.717, 1.165) is 5.56 Å². The highest BCUT2D eigenvalue weighted by molar-refractivity contribution is 5.28. The lowest BCUT2D eigenvalue weighted by Crippen LogP contribution is -2.02. The van der Waals surface area contributed by atoms with Crippen LogP contribution in [-0.4, -0.2) is 6.50 Å². The maximum absolute atomic E-state index is 7.75. The van der Waals surface area contributed by atoms with E-state index in [4.69, 9.17) is 16.0 Å². The van der Waals surface area contributed by atoms with Gasteiger partial charge in [-0.1, -0.05) is 42.5 Å². The predicted molar refractivity (Wildman–Crippen MR) is 70.0 cm³/mol. The molecule has 0 unspecified atom stereocenters. The minimum Gasteiger partial charge on any atom is -0.489 e. The van der Waals surface area contributed by atoms with Gasteiger partial charge in [0.2, 0.25) is 0 Å². The van der Waals surface area contributed by atoms with Crippen molar-refractivity contribution in [1.82, 2.24) is 0 Å². The number of rotatable bonds is 5. The lowest BCUT2D eigenvalue weighted by Gasteiger charge is -2.07. The first kappa shape index (κ1) is 7.51. The summed E-state index contributed by atoms with van der Waals surface area (Å²) in [6.45, 7) is -2.02. The number of ether oxygens (including phenoxy) is 1. The third-order valence-corrected chi connectivity index (χ3v) is 2.32. The van der Waals surface area contributed by atoms with Crippen molar-refractivity contribution >= 4 is 0 Å².